The van der Waals surface area contributed by atoms with Gasteiger partial charge in [0.15, 0.2) is 5.78 Å². The number of methoxy groups -OCH3 is 1. The van der Waals surface area contributed by atoms with Crippen LogP contribution >= 0.6 is 0 Å². The van der Waals surface area contributed by atoms with Gasteiger partial charge in [-0.25, -0.2) is 0 Å². The van der Waals surface area contributed by atoms with Gasteiger partial charge in [-0.1, -0.05) is 19.1 Å². The van der Waals surface area contributed by atoms with Gasteiger partial charge >= 0.3 is 5.97 Å². The predicted octanol–water partition coefficient (Wildman–Crippen LogP) is 4.36. The van der Waals surface area contributed by atoms with Crippen molar-refractivity contribution < 1.29 is 19.1 Å². The van der Waals surface area contributed by atoms with Crippen molar-refractivity contribution in [3.05, 3.63) is 54.1 Å². The molecule has 0 spiro atoms. The van der Waals surface area contributed by atoms with Crippen molar-refractivity contribution in [1.82, 2.24) is 0 Å². The highest BCUT2D eigenvalue weighted by Gasteiger charge is 2.13. The molecule has 130 valence electrons. The molecule has 4 heteroatoms. The van der Waals surface area contributed by atoms with E-state index in [0.717, 1.165) is 18.4 Å². The highest BCUT2D eigenvalue weighted by Crippen LogP contribution is 2.13. The molecule has 0 aliphatic carbocycles. The molecule has 0 saturated carbocycles. The van der Waals surface area contributed by atoms with Gasteiger partial charge in [0.25, 0.3) is 0 Å². The molecule has 0 heterocycles. The average molecular weight is 330 g/mol. The molecule has 0 N–H and O–H groups in total. The third kappa shape index (κ3) is 7.27. The first-order valence-electron chi connectivity index (χ1n) is 8.07. The lowest BCUT2D eigenvalue weighted by molar-refractivity contribution is -0.141. The topological polar surface area (TPSA) is 52.6 Å². The van der Waals surface area contributed by atoms with Gasteiger partial charge in [-0.15, -0.1) is 6.58 Å². The summed E-state index contributed by atoms with van der Waals surface area (Å²) in [5.41, 5.74) is 1.45. The zero-order chi connectivity index (χ0) is 17.9. The van der Waals surface area contributed by atoms with Crippen LogP contribution in [-0.2, 0) is 9.53 Å². The van der Waals surface area contributed by atoms with E-state index in [4.69, 9.17) is 9.47 Å². The molecule has 0 aliphatic rings. The molecule has 1 atom stereocenters. The van der Waals surface area contributed by atoms with Crippen molar-refractivity contribution in [2.24, 2.45) is 5.92 Å². The minimum atomic E-state index is -0.511. The monoisotopic (exact) mass is 330 g/mol. The molecule has 1 rings (SSSR count). The van der Waals surface area contributed by atoms with Gasteiger partial charge in [0, 0.05) is 5.56 Å². The van der Waals surface area contributed by atoms with E-state index in [1.54, 1.807) is 31.4 Å². The molecule has 1 unspecified atom stereocenters. The van der Waals surface area contributed by atoms with Crippen molar-refractivity contribution in [3.63, 3.8) is 0 Å². The van der Waals surface area contributed by atoms with Crippen LogP contribution in [0.15, 0.2) is 48.6 Å². The first-order chi connectivity index (χ1) is 11.5. The maximum atomic E-state index is 12.0. The lowest BCUT2D eigenvalue weighted by Gasteiger charge is -2.07. The number of allylic oxidation sites excluding steroid dienone is 2. The second-order valence-electron chi connectivity index (χ2n) is 5.83. The first kappa shape index (κ1) is 19.7. The predicted molar refractivity (Wildman–Crippen MR) is 95.3 cm³/mol. The number of carbonyl (C=O) groups excluding carboxylic acids is 2. The van der Waals surface area contributed by atoms with E-state index >= 15 is 0 Å². The molecule has 0 amide bonds. The summed E-state index contributed by atoms with van der Waals surface area (Å²) < 4.78 is 10.2. The summed E-state index contributed by atoms with van der Waals surface area (Å²) in [5.74, 6) is 0.367. The van der Waals surface area contributed by atoms with Crippen LogP contribution in [0.5, 0.6) is 5.75 Å². The lowest BCUT2D eigenvalue weighted by atomic mass is 10.1. The Morgan fingerprint density at radius 1 is 1.25 bits per heavy atom. The number of esters is 1. The Labute approximate surface area is 144 Å². The third-order valence-electron chi connectivity index (χ3n) is 3.69. The molecular formula is C20H26O4. The van der Waals surface area contributed by atoms with Crippen LogP contribution in [0.2, 0.25) is 0 Å². The summed E-state index contributed by atoms with van der Waals surface area (Å²) in [6.45, 7) is 8.00. The highest BCUT2D eigenvalue weighted by molar-refractivity contribution is 6.06. The van der Waals surface area contributed by atoms with Gasteiger partial charge in [0.05, 0.1) is 7.11 Å². The smallest absolute Gasteiger partial charge is 0.314 e. The summed E-state index contributed by atoms with van der Waals surface area (Å²) >= 11 is 0. The van der Waals surface area contributed by atoms with E-state index in [-0.39, 0.29) is 18.8 Å². The number of Topliss-reactive ketones (excluding diaryl/α,β-unsaturated/α-hetero) is 1. The number of benzene rings is 1. The Hall–Kier alpha value is -2.36. The third-order valence-corrected chi connectivity index (χ3v) is 3.69. The maximum absolute atomic E-state index is 12.0. The van der Waals surface area contributed by atoms with Crippen LogP contribution in [0, 0.1) is 5.92 Å². The zero-order valence-electron chi connectivity index (χ0n) is 14.7. The molecule has 4 nitrogen and oxygen atoms in total. The van der Waals surface area contributed by atoms with E-state index in [2.05, 4.69) is 19.6 Å². The second-order valence-corrected chi connectivity index (χ2v) is 5.83. The average Bonchev–Trinajstić information content (AvgIpc) is 2.59. The van der Waals surface area contributed by atoms with E-state index in [1.807, 2.05) is 13.0 Å². The fourth-order valence-electron chi connectivity index (χ4n) is 2.02. The summed E-state index contributed by atoms with van der Waals surface area (Å²) in [4.78, 5) is 23.8. The standard InChI is InChI=1S/C20H26O4/c1-5-15(2)7-6-8-16(3)14-24-20(22)13-19(21)17-9-11-18(23-4)12-10-17/h5,8-12,15H,1,6-7,13-14H2,2-4H3. The van der Waals surface area contributed by atoms with Crippen molar-refractivity contribution in [2.45, 2.75) is 33.1 Å². The van der Waals surface area contributed by atoms with Gasteiger partial charge in [-0.05, 0) is 55.5 Å². The van der Waals surface area contributed by atoms with Crippen molar-refractivity contribution >= 4 is 11.8 Å². The maximum Gasteiger partial charge on any atom is 0.314 e. The minimum Gasteiger partial charge on any atom is -0.497 e. The summed E-state index contributed by atoms with van der Waals surface area (Å²) in [6.07, 6.45) is 5.66. The van der Waals surface area contributed by atoms with Crippen LogP contribution in [0.4, 0.5) is 0 Å². The van der Waals surface area contributed by atoms with E-state index in [0.29, 0.717) is 17.2 Å². The Morgan fingerprint density at radius 3 is 2.50 bits per heavy atom. The minimum absolute atomic E-state index is 0.219. The number of hydrogen-bond donors (Lipinski definition) is 0. The largest absolute Gasteiger partial charge is 0.497 e. The summed E-state index contributed by atoms with van der Waals surface area (Å²) in [6, 6.07) is 6.66. The lowest BCUT2D eigenvalue weighted by Crippen LogP contribution is -2.12. The normalized spacial score (nSPS) is 12.4. The Balaban J connectivity index is 2.38. The van der Waals surface area contributed by atoms with E-state index < -0.39 is 5.97 Å². The molecule has 24 heavy (non-hydrogen) atoms. The fourth-order valence-corrected chi connectivity index (χ4v) is 2.02. The first-order valence-corrected chi connectivity index (χ1v) is 8.07. The number of ether oxygens (including phenoxy) is 2. The Bertz CT molecular complexity index is 584. The van der Waals surface area contributed by atoms with E-state index in [9.17, 15) is 9.59 Å². The van der Waals surface area contributed by atoms with Crippen LogP contribution in [0.1, 0.15) is 43.5 Å². The molecule has 1 aromatic carbocycles. The quantitative estimate of drug-likeness (QED) is 0.277. The van der Waals surface area contributed by atoms with Gasteiger partial charge in [0.2, 0.25) is 0 Å². The highest BCUT2D eigenvalue weighted by atomic mass is 16.5. The van der Waals surface area contributed by atoms with E-state index in [1.165, 1.54) is 0 Å². The molecule has 0 aliphatic heterocycles. The zero-order valence-corrected chi connectivity index (χ0v) is 14.7. The number of hydrogen-bond acceptors (Lipinski definition) is 4. The molecule has 0 saturated heterocycles. The molecule has 1 aromatic rings. The Kier molecular flexibility index (Phi) is 8.55. The molecule has 0 bridgehead atoms. The van der Waals surface area contributed by atoms with Crippen LogP contribution in [0.25, 0.3) is 0 Å². The molecule has 0 radical (unpaired) electrons. The molecular weight excluding hydrogens is 304 g/mol. The van der Waals surface area contributed by atoms with Crippen molar-refractivity contribution in [3.8, 4) is 5.75 Å². The molecule has 0 aromatic heterocycles. The fraction of sp³-hybridized carbons (Fsp3) is 0.400. The van der Waals surface area contributed by atoms with Gasteiger partial charge in [0.1, 0.15) is 18.8 Å². The Morgan fingerprint density at radius 2 is 1.92 bits per heavy atom. The van der Waals surface area contributed by atoms with Crippen LogP contribution in [0.3, 0.4) is 0 Å². The number of carbonyl (C=O) groups is 2. The van der Waals surface area contributed by atoms with Crippen LogP contribution in [-0.4, -0.2) is 25.5 Å². The summed E-state index contributed by atoms with van der Waals surface area (Å²) in [5, 5.41) is 0. The van der Waals surface area contributed by atoms with Crippen LogP contribution < -0.4 is 4.74 Å². The number of rotatable bonds is 10. The second kappa shape index (κ2) is 10.4. The SMILES string of the molecule is C=CC(C)CCC=C(C)COC(=O)CC(=O)c1ccc(OC)cc1. The number of ketones is 1. The summed E-state index contributed by atoms with van der Waals surface area (Å²) in [7, 11) is 1.56. The van der Waals surface area contributed by atoms with Crippen molar-refractivity contribution in [1.29, 1.82) is 0 Å². The van der Waals surface area contributed by atoms with Gasteiger partial charge in [-0.2, -0.15) is 0 Å². The van der Waals surface area contributed by atoms with Gasteiger partial charge < -0.3 is 9.47 Å². The molecule has 0 fully saturated rings. The van der Waals surface area contributed by atoms with Crippen molar-refractivity contribution in [2.75, 3.05) is 13.7 Å². The van der Waals surface area contributed by atoms with Gasteiger partial charge in [-0.3, -0.25) is 9.59 Å².